The molecule has 0 aliphatic heterocycles. The van der Waals surface area contributed by atoms with Crippen molar-refractivity contribution in [3.8, 4) is 21.6 Å². The van der Waals surface area contributed by atoms with E-state index in [1.165, 1.54) is 6.07 Å². The summed E-state index contributed by atoms with van der Waals surface area (Å²) < 4.78 is 24.9. The zero-order valence-electron chi connectivity index (χ0n) is 21.5. The number of carboxylic acid groups (broad SMARTS) is 1. The second-order valence-electron chi connectivity index (χ2n) is 8.79. The second kappa shape index (κ2) is 12.7. The molecular weight excluding hydrogens is 514 g/mol. The number of carboxylic acids is 1. The number of allylic oxidation sites excluding steroid dienone is 3. The minimum Gasteiger partial charge on any atom is -0.549 e. The molecule has 1 aromatic heterocycles. The number of halogens is 1. The largest absolute Gasteiger partial charge is 1.00 e. The van der Waals surface area contributed by atoms with E-state index in [1.807, 2.05) is 19.1 Å². The number of ether oxygens (including phenoxy) is 1. The third kappa shape index (κ3) is 6.32. The summed E-state index contributed by atoms with van der Waals surface area (Å²) in [4.78, 5) is 24.4. The Morgan fingerprint density at radius 3 is 2.47 bits per heavy atom. The van der Waals surface area contributed by atoms with Crippen molar-refractivity contribution in [2.45, 2.75) is 32.1 Å². The van der Waals surface area contributed by atoms with Crippen LogP contribution in [0.1, 0.15) is 31.0 Å². The van der Waals surface area contributed by atoms with E-state index in [2.05, 4.69) is 16.3 Å². The second-order valence-corrected chi connectivity index (χ2v) is 9.57. The van der Waals surface area contributed by atoms with E-state index in [1.54, 1.807) is 55.5 Å². The number of hydrogen-bond acceptors (Lipinski definition) is 6. The first kappa shape index (κ1) is 29.5. The van der Waals surface area contributed by atoms with Gasteiger partial charge in [-0.25, -0.2) is 9.18 Å². The fourth-order valence-corrected chi connectivity index (χ4v) is 4.97. The molecule has 0 atom stereocenters. The van der Waals surface area contributed by atoms with Crippen molar-refractivity contribution < 1.29 is 53.4 Å². The first-order valence-electron chi connectivity index (χ1n) is 11.8. The molecule has 0 saturated heterocycles. The van der Waals surface area contributed by atoms with Gasteiger partial charge >= 0.3 is 35.7 Å². The summed E-state index contributed by atoms with van der Waals surface area (Å²) in [6, 6.07) is 11.9. The summed E-state index contributed by atoms with van der Waals surface area (Å²) in [5.74, 6) is -1.53. The molecule has 6 nitrogen and oxygen atoms in total. The number of aliphatic carboxylic acids is 1. The number of benzene rings is 2. The van der Waals surface area contributed by atoms with Crippen LogP contribution >= 0.6 is 11.5 Å². The Balaban J connectivity index is 0.00000400. The zero-order valence-corrected chi connectivity index (χ0v) is 24.4. The fourth-order valence-electron chi connectivity index (χ4n) is 4.10. The molecule has 0 unspecified atom stereocenters. The standard InChI is InChI=1S/C29H27FN2O4S.Na/c1-4-6-19(7-5-2)17-36-28(35)31-25-18(3)32-37-26(25)23-13-10-21(16-24(23)30)20-8-11-22(12-9-20)29(14-15-29)27(33)34;/h4-13,16H,1,14-15,17H2,2-3H3,(H,31,35)(H,33,34);/q;+1/p-1/b7-5-,19-6+;. The van der Waals surface area contributed by atoms with E-state index in [-0.39, 0.29) is 36.2 Å². The van der Waals surface area contributed by atoms with Gasteiger partial charge in [-0.05, 0) is 72.6 Å². The van der Waals surface area contributed by atoms with Crippen LogP contribution in [0.4, 0.5) is 14.9 Å². The topological polar surface area (TPSA) is 91.3 Å². The predicted molar refractivity (Wildman–Crippen MR) is 142 cm³/mol. The average molecular weight is 541 g/mol. The van der Waals surface area contributed by atoms with E-state index in [0.717, 1.165) is 22.7 Å². The number of amides is 1. The first-order chi connectivity index (χ1) is 17.8. The zero-order chi connectivity index (χ0) is 26.6. The fraction of sp³-hybridized carbons (Fsp3) is 0.207. The van der Waals surface area contributed by atoms with Crippen LogP contribution in [-0.2, 0) is 14.9 Å². The van der Waals surface area contributed by atoms with Crippen molar-refractivity contribution in [2.24, 2.45) is 0 Å². The van der Waals surface area contributed by atoms with Gasteiger partial charge in [-0.2, -0.15) is 4.37 Å². The Bertz CT molecular complexity index is 1410. The van der Waals surface area contributed by atoms with Crippen LogP contribution in [0.5, 0.6) is 0 Å². The predicted octanol–water partition coefficient (Wildman–Crippen LogP) is 2.95. The SMILES string of the molecule is C=C/C=C(\C=C/C)COC(=O)Nc1c(C)nsc1-c1ccc(-c2ccc(C3(C(=O)[O-])CC3)cc2)cc1F.[Na+]. The normalized spacial score (nSPS) is 14.0. The van der Waals surface area contributed by atoms with Crippen LogP contribution < -0.4 is 40.0 Å². The average Bonchev–Trinajstić information content (AvgIpc) is 3.63. The summed E-state index contributed by atoms with van der Waals surface area (Å²) in [7, 11) is 0. The van der Waals surface area contributed by atoms with Gasteiger partial charge in [-0.3, -0.25) is 5.32 Å². The van der Waals surface area contributed by atoms with Crippen molar-refractivity contribution >= 4 is 29.3 Å². The van der Waals surface area contributed by atoms with E-state index >= 15 is 4.39 Å². The molecule has 190 valence electrons. The van der Waals surface area contributed by atoms with Crippen molar-refractivity contribution in [3.05, 3.63) is 96.0 Å². The number of aryl methyl sites for hydroxylation is 1. The van der Waals surface area contributed by atoms with Crippen molar-refractivity contribution in [1.82, 2.24) is 4.37 Å². The number of carbonyl (C=O) groups excluding carboxylic acids is 2. The van der Waals surface area contributed by atoms with Crippen LogP contribution in [0, 0.1) is 12.7 Å². The van der Waals surface area contributed by atoms with Crippen LogP contribution in [0.25, 0.3) is 21.6 Å². The summed E-state index contributed by atoms with van der Waals surface area (Å²) in [5, 5.41) is 14.2. The monoisotopic (exact) mass is 540 g/mol. The number of nitrogens with one attached hydrogen (secondary N) is 1. The van der Waals surface area contributed by atoms with Crippen LogP contribution in [0.3, 0.4) is 0 Å². The molecule has 38 heavy (non-hydrogen) atoms. The van der Waals surface area contributed by atoms with Gasteiger partial charge in [0.15, 0.2) is 0 Å². The molecule has 0 bridgehead atoms. The van der Waals surface area contributed by atoms with Gasteiger partial charge in [0.2, 0.25) is 0 Å². The summed E-state index contributed by atoms with van der Waals surface area (Å²) in [5.41, 5.74) is 3.23. The van der Waals surface area contributed by atoms with Crippen molar-refractivity contribution in [2.75, 3.05) is 11.9 Å². The number of hydrogen-bond donors (Lipinski definition) is 1. The number of carbonyl (C=O) groups is 2. The number of anilines is 1. The van der Waals surface area contributed by atoms with E-state index in [9.17, 15) is 14.7 Å². The van der Waals surface area contributed by atoms with Gasteiger partial charge in [-0.15, -0.1) is 0 Å². The Hall–Kier alpha value is -3.04. The molecule has 2 aromatic carbocycles. The molecule has 0 spiro atoms. The summed E-state index contributed by atoms with van der Waals surface area (Å²) in [6.07, 6.45) is 7.46. The number of aromatic nitrogens is 1. The Morgan fingerprint density at radius 2 is 1.89 bits per heavy atom. The van der Waals surface area contributed by atoms with Gasteiger partial charge in [-0.1, -0.05) is 61.2 Å². The first-order valence-corrected chi connectivity index (χ1v) is 12.5. The van der Waals surface area contributed by atoms with Crippen molar-refractivity contribution in [1.29, 1.82) is 0 Å². The van der Waals surface area contributed by atoms with Gasteiger partial charge < -0.3 is 14.6 Å². The maximum atomic E-state index is 15.3. The number of nitrogens with zero attached hydrogens (tertiary/aromatic N) is 1. The van der Waals surface area contributed by atoms with E-state index in [0.29, 0.717) is 45.8 Å². The third-order valence-electron chi connectivity index (χ3n) is 6.30. The Kier molecular flexibility index (Phi) is 9.84. The smallest absolute Gasteiger partial charge is 0.549 e. The molecule has 1 fully saturated rings. The van der Waals surface area contributed by atoms with Crippen molar-refractivity contribution in [3.63, 3.8) is 0 Å². The van der Waals surface area contributed by atoms with Gasteiger partial charge in [0.05, 0.1) is 22.2 Å². The van der Waals surface area contributed by atoms with Gasteiger partial charge in [0.25, 0.3) is 0 Å². The van der Waals surface area contributed by atoms with Gasteiger partial charge in [0, 0.05) is 11.0 Å². The van der Waals surface area contributed by atoms with Gasteiger partial charge in [0.1, 0.15) is 12.4 Å². The molecule has 9 heteroatoms. The van der Waals surface area contributed by atoms with Crippen LogP contribution in [0.2, 0.25) is 0 Å². The molecule has 1 saturated carbocycles. The molecular formula is C29H26FN2NaO4S. The van der Waals surface area contributed by atoms with Crippen LogP contribution in [-0.4, -0.2) is 23.0 Å². The maximum Gasteiger partial charge on any atom is 1.00 e. The molecule has 3 aromatic rings. The molecule has 0 radical (unpaired) electrons. The molecule has 4 rings (SSSR count). The minimum absolute atomic E-state index is 0. The summed E-state index contributed by atoms with van der Waals surface area (Å²) >= 11 is 1.08. The molecule has 1 amide bonds. The third-order valence-corrected chi connectivity index (χ3v) is 7.27. The molecule has 1 aliphatic carbocycles. The molecule has 1 aliphatic rings. The molecule has 1 N–H and O–H groups in total. The maximum absolute atomic E-state index is 15.3. The Labute approximate surface area is 247 Å². The van der Waals surface area contributed by atoms with E-state index in [4.69, 9.17) is 4.74 Å². The van der Waals surface area contributed by atoms with Crippen LogP contribution in [0.15, 0.2) is 78.9 Å². The number of rotatable bonds is 9. The summed E-state index contributed by atoms with van der Waals surface area (Å²) in [6.45, 7) is 7.29. The quantitative estimate of drug-likeness (QED) is 0.333. The molecule has 1 heterocycles. The minimum atomic E-state index is -1.06. The Morgan fingerprint density at radius 1 is 1.21 bits per heavy atom. The van der Waals surface area contributed by atoms with E-state index < -0.39 is 23.3 Å².